The lowest BCUT2D eigenvalue weighted by molar-refractivity contribution is -0.132. The van der Waals surface area contributed by atoms with E-state index in [1.165, 1.54) is 16.7 Å². The fourth-order valence-corrected chi connectivity index (χ4v) is 2.78. The highest BCUT2D eigenvalue weighted by molar-refractivity contribution is 5.77. The van der Waals surface area contributed by atoms with E-state index in [-0.39, 0.29) is 11.9 Å². The van der Waals surface area contributed by atoms with Crippen molar-refractivity contribution in [1.29, 1.82) is 0 Å². The highest BCUT2D eigenvalue weighted by Gasteiger charge is 2.24. The molecule has 1 atom stereocenters. The number of carbonyl (C=O) groups excluding carboxylic acids is 1. The molecule has 1 aromatic carbocycles. The van der Waals surface area contributed by atoms with E-state index in [0.717, 1.165) is 25.9 Å². The number of benzene rings is 1. The number of nitrogens with two attached hydrogens (primary N) is 1. The number of nitrogens with zero attached hydrogens (tertiary/aromatic N) is 1. The van der Waals surface area contributed by atoms with Gasteiger partial charge >= 0.3 is 0 Å². The van der Waals surface area contributed by atoms with Crippen LogP contribution in [0.3, 0.4) is 0 Å². The standard InChI is InChI=1S/C17H26N2O/c1-4-5-16(18)13-6-7-14-10-19(11-15(14)9-13)17(20)8-12(2)3/h6-7,9,12,16H,4-5,8,10-11,18H2,1-3H3. The Hall–Kier alpha value is -1.35. The Balaban J connectivity index is 2.07. The zero-order valence-electron chi connectivity index (χ0n) is 12.9. The predicted octanol–water partition coefficient (Wildman–Crippen LogP) is 3.37. The molecule has 0 saturated carbocycles. The van der Waals surface area contributed by atoms with Crippen LogP contribution in [0.25, 0.3) is 0 Å². The maximum atomic E-state index is 12.1. The maximum Gasteiger partial charge on any atom is 0.223 e. The van der Waals surface area contributed by atoms with Crippen LogP contribution in [0.4, 0.5) is 0 Å². The number of rotatable bonds is 5. The molecule has 1 aromatic rings. The smallest absolute Gasteiger partial charge is 0.223 e. The number of carbonyl (C=O) groups is 1. The van der Waals surface area contributed by atoms with Gasteiger partial charge in [0.2, 0.25) is 5.91 Å². The average molecular weight is 274 g/mol. The fourth-order valence-electron chi connectivity index (χ4n) is 2.78. The first-order valence-electron chi connectivity index (χ1n) is 7.66. The van der Waals surface area contributed by atoms with E-state index in [1.807, 2.05) is 4.90 Å². The van der Waals surface area contributed by atoms with Crippen LogP contribution >= 0.6 is 0 Å². The first kappa shape index (κ1) is 15.0. The minimum atomic E-state index is 0.116. The molecule has 0 bridgehead atoms. The summed E-state index contributed by atoms with van der Waals surface area (Å²) in [6.07, 6.45) is 2.74. The summed E-state index contributed by atoms with van der Waals surface area (Å²) < 4.78 is 0. The van der Waals surface area contributed by atoms with Crippen molar-refractivity contribution in [2.45, 2.75) is 59.2 Å². The van der Waals surface area contributed by atoms with E-state index in [4.69, 9.17) is 5.73 Å². The molecule has 1 unspecified atom stereocenters. The summed E-state index contributed by atoms with van der Waals surface area (Å²) in [6, 6.07) is 6.57. The molecular formula is C17H26N2O. The Bertz CT molecular complexity index is 482. The molecule has 0 spiro atoms. The van der Waals surface area contributed by atoms with Gasteiger partial charge in [0, 0.05) is 25.6 Å². The van der Waals surface area contributed by atoms with E-state index in [0.29, 0.717) is 12.3 Å². The van der Waals surface area contributed by atoms with Gasteiger partial charge in [-0.15, -0.1) is 0 Å². The Labute approximate surface area is 122 Å². The topological polar surface area (TPSA) is 46.3 Å². The third kappa shape index (κ3) is 3.40. The van der Waals surface area contributed by atoms with Crippen LogP contribution in [0.15, 0.2) is 18.2 Å². The first-order chi connectivity index (χ1) is 9.51. The van der Waals surface area contributed by atoms with Crippen molar-refractivity contribution < 1.29 is 4.79 Å². The lowest BCUT2D eigenvalue weighted by atomic mass is 9.99. The summed E-state index contributed by atoms with van der Waals surface area (Å²) in [6.45, 7) is 7.82. The molecule has 3 heteroatoms. The monoisotopic (exact) mass is 274 g/mol. The van der Waals surface area contributed by atoms with Gasteiger partial charge in [-0.1, -0.05) is 45.4 Å². The van der Waals surface area contributed by atoms with Crippen LogP contribution in [0.5, 0.6) is 0 Å². The highest BCUT2D eigenvalue weighted by Crippen LogP contribution is 2.27. The van der Waals surface area contributed by atoms with Gasteiger partial charge in [-0.3, -0.25) is 4.79 Å². The summed E-state index contributed by atoms with van der Waals surface area (Å²) >= 11 is 0. The number of hydrogen-bond acceptors (Lipinski definition) is 2. The molecule has 1 amide bonds. The third-order valence-electron chi connectivity index (χ3n) is 3.92. The summed E-state index contributed by atoms with van der Waals surface area (Å²) in [5.41, 5.74) is 9.92. The second kappa shape index (κ2) is 6.40. The Morgan fingerprint density at radius 3 is 2.65 bits per heavy atom. The minimum absolute atomic E-state index is 0.116. The molecule has 1 heterocycles. The molecule has 3 nitrogen and oxygen atoms in total. The van der Waals surface area contributed by atoms with Crippen molar-refractivity contribution in [3.63, 3.8) is 0 Å². The number of fused-ring (bicyclic) bond motifs is 1. The molecule has 0 saturated heterocycles. The summed E-state index contributed by atoms with van der Waals surface area (Å²) in [4.78, 5) is 14.1. The quantitative estimate of drug-likeness (QED) is 0.894. The van der Waals surface area contributed by atoms with Gasteiger partial charge in [-0.2, -0.15) is 0 Å². The highest BCUT2D eigenvalue weighted by atomic mass is 16.2. The van der Waals surface area contributed by atoms with E-state index >= 15 is 0 Å². The normalized spacial score (nSPS) is 15.6. The van der Waals surface area contributed by atoms with Crippen LogP contribution in [0, 0.1) is 5.92 Å². The number of amides is 1. The third-order valence-corrected chi connectivity index (χ3v) is 3.92. The predicted molar refractivity (Wildman–Crippen MR) is 82.0 cm³/mol. The lowest BCUT2D eigenvalue weighted by Crippen LogP contribution is -2.26. The van der Waals surface area contributed by atoms with Crippen LogP contribution in [-0.2, 0) is 17.9 Å². The van der Waals surface area contributed by atoms with E-state index in [1.54, 1.807) is 0 Å². The van der Waals surface area contributed by atoms with E-state index in [9.17, 15) is 4.79 Å². The van der Waals surface area contributed by atoms with Gasteiger partial charge in [-0.25, -0.2) is 0 Å². The molecule has 0 aromatic heterocycles. The van der Waals surface area contributed by atoms with Crippen LogP contribution < -0.4 is 5.73 Å². The Morgan fingerprint density at radius 1 is 1.30 bits per heavy atom. The molecule has 110 valence electrons. The maximum absolute atomic E-state index is 12.1. The summed E-state index contributed by atoms with van der Waals surface area (Å²) in [7, 11) is 0. The summed E-state index contributed by atoms with van der Waals surface area (Å²) in [5, 5.41) is 0. The van der Waals surface area contributed by atoms with Crippen LogP contribution in [-0.4, -0.2) is 10.8 Å². The van der Waals surface area contributed by atoms with Crippen molar-refractivity contribution in [2.75, 3.05) is 0 Å². The van der Waals surface area contributed by atoms with Crippen molar-refractivity contribution >= 4 is 5.91 Å². The first-order valence-corrected chi connectivity index (χ1v) is 7.66. The second-order valence-electron chi connectivity index (χ2n) is 6.27. The SMILES string of the molecule is CCCC(N)c1ccc2c(c1)CN(C(=O)CC(C)C)C2. The molecule has 2 rings (SSSR count). The van der Waals surface area contributed by atoms with Gasteiger partial charge in [-0.05, 0) is 29.0 Å². The van der Waals surface area contributed by atoms with E-state index in [2.05, 4.69) is 39.0 Å². The zero-order chi connectivity index (χ0) is 14.7. The van der Waals surface area contributed by atoms with Crippen LogP contribution in [0.2, 0.25) is 0 Å². The van der Waals surface area contributed by atoms with Gasteiger partial charge in [0.25, 0.3) is 0 Å². The lowest BCUT2D eigenvalue weighted by Gasteiger charge is -2.16. The molecule has 1 aliphatic rings. The average Bonchev–Trinajstić information content (AvgIpc) is 2.81. The summed E-state index contributed by atoms with van der Waals surface area (Å²) in [5.74, 6) is 0.676. The van der Waals surface area contributed by atoms with Crippen molar-refractivity contribution in [3.05, 3.63) is 34.9 Å². The van der Waals surface area contributed by atoms with Gasteiger partial charge in [0.15, 0.2) is 0 Å². The molecule has 0 radical (unpaired) electrons. The molecule has 20 heavy (non-hydrogen) atoms. The fraction of sp³-hybridized carbons (Fsp3) is 0.588. The molecule has 0 aliphatic carbocycles. The molecular weight excluding hydrogens is 248 g/mol. The van der Waals surface area contributed by atoms with Crippen LogP contribution in [0.1, 0.15) is 62.8 Å². The van der Waals surface area contributed by atoms with Gasteiger partial charge in [0.05, 0.1) is 0 Å². The minimum Gasteiger partial charge on any atom is -0.334 e. The largest absolute Gasteiger partial charge is 0.334 e. The van der Waals surface area contributed by atoms with Gasteiger partial charge in [0.1, 0.15) is 0 Å². The van der Waals surface area contributed by atoms with Crippen molar-refractivity contribution in [3.8, 4) is 0 Å². The molecule has 1 aliphatic heterocycles. The number of hydrogen-bond donors (Lipinski definition) is 1. The molecule has 0 fully saturated rings. The second-order valence-corrected chi connectivity index (χ2v) is 6.27. The van der Waals surface area contributed by atoms with Crippen molar-refractivity contribution in [1.82, 2.24) is 4.90 Å². The zero-order valence-corrected chi connectivity index (χ0v) is 12.9. The van der Waals surface area contributed by atoms with E-state index < -0.39 is 0 Å². The van der Waals surface area contributed by atoms with Gasteiger partial charge < -0.3 is 10.6 Å². The van der Waals surface area contributed by atoms with Crippen molar-refractivity contribution in [2.24, 2.45) is 11.7 Å². The molecule has 2 N–H and O–H groups in total. The Morgan fingerprint density at radius 2 is 2.00 bits per heavy atom. The Kier molecular flexibility index (Phi) is 4.81.